The maximum Gasteiger partial charge on any atom is 0.220 e. The minimum atomic E-state index is 0.233. The van der Waals surface area contributed by atoms with Crippen LogP contribution in [0, 0.1) is 5.92 Å². The van der Waals surface area contributed by atoms with Crippen LogP contribution in [0.1, 0.15) is 46.0 Å². The second-order valence-corrected chi connectivity index (χ2v) is 5.47. The Bertz CT molecular complexity index is 228. The lowest BCUT2D eigenvalue weighted by molar-refractivity contribution is -0.122. The lowest BCUT2D eigenvalue weighted by Gasteiger charge is -2.29. The van der Waals surface area contributed by atoms with Gasteiger partial charge in [0.05, 0.1) is 0 Å². The van der Waals surface area contributed by atoms with E-state index < -0.39 is 0 Å². The Balaban J connectivity index is 1.78. The number of piperidine rings is 1. The first-order valence-electron chi connectivity index (χ1n) is 6.19. The molecule has 0 aromatic heterocycles. The molecule has 2 heterocycles. The second kappa shape index (κ2) is 4.52. The highest BCUT2D eigenvalue weighted by Gasteiger charge is 2.33. The Hall–Kier alpha value is -0.570. The molecule has 2 bridgehead atoms. The van der Waals surface area contributed by atoms with Gasteiger partial charge >= 0.3 is 0 Å². The summed E-state index contributed by atoms with van der Waals surface area (Å²) in [5, 5.41) is 6.76. The summed E-state index contributed by atoms with van der Waals surface area (Å²) < 4.78 is 0. The van der Waals surface area contributed by atoms with Gasteiger partial charge in [-0.1, -0.05) is 13.8 Å². The molecule has 2 fully saturated rings. The quantitative estimate of drug-likeness (QED) is 0.740. The van der Waals surface area contributed by atoms with Crippen LogP contribution in [0.15, 0.2) is 0 Å². The van der Waals surface area contributed by atoms with Gasteiger partial charge in [-0.15, -0.1) is 0 Å². The molecule has 2 unspecified atom stereocenters. The minimum absolute atomic E-state index is 0.233. The number of hydrogen-bond acceptors (Lipinski definition) is 2. The molecule has 2 rings (SSSR count). The van der Waals surface area contributed by atoms with Crippen LogP contribution in [0.2, 0.25) is 0 Å². The van der Waals surface area contributed by atoms with Crippen LogP contribution < -0.4 is 10.6 Å². The Morgan fingerprint density at radius 2 is 1.93 bits per heavy atom. The number of carbonyl (C=O) groups is 1. The number of amides is 1. The topological polar surface area (TPSA) is 41.1 Å². The summed E-state index contributed by atoms with van der Waals surface area (Å²) >= 11 is 0. The molecule has 0 aromatic carbocycles. The van der Waals surface area contributed by atoms with Crippen molar-refractivity contribution in [1.82, 2.24) is 10.6 Å². The molecule has 0 aliphatic carbocycles. The van der Waals surface area contributed by atoms with Gasteiger partial charge in [-0.3, -0.25) is 4.79 Å². The van der Waals surface area contributed by atoms with Crippen LogP contribution in [0.5, 0.6) is 0 Å². The van der Waals surface area contributed by atoms with Crippen LogP contribution in [0.25, 0.3) is 0 Å². The first kappa shape index (κ1) is 10.9. The number of carbonyl (C=O) groups excluding carboxylic acids is 1. The van der Waals surface area contributed by atoms with Crippen LogP contribution in [-0.4, -0.2) is 24.0 Å². The SMILES string of the molecule is CC(C)CC(=O)NC1CC2CCC(C1)N2. The van der Waals surface area contributed by atoms with Crippen molar-refractivity contribution in [3.05, 3.63) is 0 Å². The van der Waals surface area contributed by atoms with E-state index in [4.69, 9.17) is 0 Å². The molecule has 0 radical (unpaired) electrons. The standard InChI is InChI=1S/C12H22N2O/c1-8(2)5-12(15)14-11-6-9-3-4-10(7-11)13-9/h8-11,13H,3-7H2,1-2H3,(H,14,15). The van der Waals surface area contributed by atoms with Gasteiger partial charge < -0.3 is 10.6 Å². The third-order valence-corrected chi connectivity index (χ3v) is 3.43. The lowest BCUT2D eigenvalue weighted by Crippen LogP contribution is -2.48. The van der Waals surface area contributed by atoms with Crippen LogP contribution >= 0.6 is 0 Å². The van der Waals surface area contributed by atoms with E-state index in [0.717, 1.165) is 12.8 Å². The van der Waals surface area contributed by atoms with Crippen molar-refractivity contribution in [3.63, 3.8) is 0 Å². The van der Waals surface area contributed by atoms with E-state index in [2.05, 4.69) is 24.5 Å². The van der Waals surface area contributed by atoms with Crippen molar-refractivity contribution in [1.29, 1.82) is 0 Å². The van der Waals surface area contributed by atoms with Crippen molar-refractivity contribution in [2.24, 2.45) is 5.92 Å². The molecule has 2 N–H and O–H groups in total. The molecule has 0 saturated carbocycles. The molecule has 2 aliphatic rings. The largest absolute Gasteiger partial charge is 0.353 e. The fourth-order valence-corrected chi connectivity index (χ4v) is 2.83. The fraction of sp³-hybridized carbons (Fsp3) is 0.917. The molecule has 2 atom stereocenters. The number of hydrogen-bond donors (Lipinski definition) is 2. The molecule has 86 valence electrons. The van der Waals surface area contributed by atoms with Crippen molar-refractivity contribution < 1.29 is 4.79 Å². The average Bonchev–Trinajstić information content (AvgIpc) is 2.44. The van der Waals surface area contributed by atoms with Crippen LogP contribution in [0.3, 0.4) is 0 Å². The second-order valence-electron chi connectivity index (χ2n) is 5.47. The van der Waals surface area contributed by atoms with Gasteiger partial charge in [-0.25, -0.2) is 0 Å². The first-order chi connectivity index (χ1) is 7.13. The van der Waals surface area contributed by atoms with E-state index in [1.807, 2.05) is 0 Å². The highest BCUT2D eigenvalue weighted by Crippen LogP contribution is 2.26. The third-order valence-electron chi connectivity index (χ3n) is 3.43. The number of rotatable bonds is 3. The summed E-state index contributed by atoms with van der Waals surface area (Å²) in [6.07, 6.45) is 5.50. The molecule has 15 heavy (non-hydrogen) atoms. The van der Waals surface area contributed by atoms with Crippen molar-refractivity contribution in [3.8, 4) is 0 Å². The zero-order valence-corrected chi connectivity index (χ0v) is 9.75. The maximum atomic E-state index is 11.6. The van der Waals surface area contributed by atoms with Gasteiger partial charge in [0.15, 0.2) is 0 Å². The smallest absolute Gasteiger partial charge is 0.220 e. The number of fused-ring (bicyclic) bond motifs is 2. The number of nitrogens with one attached hydrogen (secondary N) is 2. The predicted molar refractivity (Wildman–Crippen MR) is 60.6 cm³/mol. The molecule has 2 aliphatic heterocycles. The van der Waals surface area contributed by atoms with E-state index in [0.29, 0.717) is 30.5 Å². The zero-order valence-electron chi connectivity index (χ0n) is 9.75. The Morgan fingerprint density at radius 1 is 1.33 bits per heavy atom. The minimum Gasteiger partial charge on any atom is -0.353 e. The van der Waals surface area contributed by atoms with Gasteiger partial charge in [0.2, 0.25) is 5.91 Å². The summed E-state index contributed by atoms with van der Waals surface area (Å²) in [5.41, 5.74) is 0. The molecule has 3 heteroatoms. The molecular formula is C12H22N2O. The molecule has 0 aromatic rings. The van der Waals surface area contributed by atoms with Crippen molar-refractivity contribution in [2.45, 2.75) is 64.1 Å². The van der Waals surface area contributed by atoms with Gasteiger partial charge in [-0.2, -0.15) is 0 Å². The Labute approximate surface area is 92.0 Å². The molecule has 0 spiro atoms. The van der Waals surface area contributed by atoms with E-state index in [-0.39, 0.29) is 5.91 Å². The van der Waals surface area contributed by atoms with E-state index in [9.17, 15) is 4.79 Å². The van der Waals surface area contributed by atoms with E-state index in [1.54, 1.807) is 0 Å². The summed E-state index contributed by atoms with van der Waals surface area (Å²) in [4.78, 5) is 11.6. The molecular weight excluding hydrogens is 188 g/mol. The molecule has 1 amide bonds. The maximum absolute atomic E-state index is 11.6. The van der Waals surface area contributed by atoms with Gasteiger partial charge in [0, 0.05) is 24.5 Å². The molecule has 2 saturated heterocycles. The highest BCUT2D eigenvalue weighted by molar-refractivity contribution is 5.76. The van der Waals surface area contributed by atoms with Crippen LogP contribution in [0.4, 0.5) is 0 Å². The summed E-state index contributed by atoms with van der Waals surface area (Å²) in [7, 11) is 0. The lowest BCUT2D eigenvalue weighted by atomic mass is 9.99. The average molecular weight is 210 g/mol. The molecule has 3 nitrogen and oxygen atoms in total. The summed E-state index contributed by atoms with van der Waals surface area (Å²) in [6, 6.07) is 1.75. The Kier molecular flexibility index (Phi) is 3.29. The zero-order chi connectivity index (χ0) is 10.8. The van der Waals surface area contributed by atoms with Crippen molar-refractivity contribution in [2.75, 3.05) is 0 Å². The first-order valence-corrected chi connectivity index (χ1v) is 6.19. The highest BCUT2D eigenvalue weighted by atomic mass is 16.1. The third kappa shape index (κ3) is 2.94. The predicted octanol–water partition coefficient (Wildman–Crippen LogP) is 1.43. The fourth-order valence-electron chi connectivity index (χ4n) is 2.83. The van der Waals surface area contributed by atoms with E-state index in [1.165, 1.54) is 12.8 Å². The Morgan fingerprint density at radius 3 is 2.47 bits per heavy atom. The summed E-state index contributed by atoms with van der Waals surface area (Å²) in [5.74, 6) is 0.694. The van der Waals surface area contributed by atoms with Gasteiger partial charge in [0.1, 0.15) is 0 Å². The van der Waals surface area contributed by atoms with Gasteiger partial charge in [0.25, 0.3) is 0 Å². The van der Waals surface area contributed by atoms with Gasteiger partial charge in [-0.05, 0) is 31.6 Å². The van der Waals surface area contributed by atoms with Crippen molar-refractivity contribution >= 4 is 5.91 Å². The van der Waals surface area contributed by atoms with E-state index >= 15 is 0 Å². The summed E-state index contributed by atoms with van der Waals surface area (Å²) in [6.45, 7) is 4.18. The normalized spacial score (nSPS) is 34.5. The monoisotopic (exact) mass is 210 g/mol. The van der Waals surface area contributed by atoms with Crippen LogP contribution in [-0.2, 0) is 4.79 Å².